The van der Waals surface area contributed by atoms with Gasteiger partial charge in [-0.25, -0.2) is 0 Å². The summed E-state index contributed by atoms with van der Waals surface area (Å²) in [5.74, 6) is 0.971. The lowest BCUT2D eigenvalue weighted by molar-refractivity contribution is 0.182. The minimum Gasteiger partial charge on any atom is -0.328 e. The van der Waals surface area contributed by atoms with Crippen LogP contribution in [0.1, 0.15) is 59.3 Å². The monoisotopic (exact) mass is 183 g/mol. The van der Waals surface area contributed by atoms with Gasteiger partial charge in [0.1, 0.15) is 0 Å². The molecule has 0 radical (unpaired) electrons. The third-order valence-corrected chi connectivity index (χ3v) is 3.49. The zero-order valence-corrected chi connectivity index (χ0v) is 9.47. The summed E-state index contributed by atoms with van der Waals surface area (Å²) >= 11 is 0. The molecule has 0 aromatic rings. The fourth-order valence-corrected chi connectivity index (χ4v) is 2.25. The van der Waals surface area contributed by atoms with Crippen LogP contribution in [0.3, 0.4) is 0 Å². The van der Waals surface area contributed by atoms with Crippen LogP contribution in [0.2, 0.25) is 0 Å². The van der Waals surface area contributed by atoms with Gasteiger partial charge in [-0.3, -0.25) is 0 Å². The van der Waals surface area contributed by atoms with Gasteiger partial charge in [0.2, 0.25) is 0 Å². The average molecular weight is 183 g/mol. The van der Waals surface area contributed by atoms with Crippen molar-refractivity contribution in [2.24, 2.45) is 17.1 Å². The molecule has 0 aromatic heterocycles. The Kier molecular flexibility index (Phi) is 3.78. The average Bonchev–Trinajstić information content (AvgIpc) is 2.02. The van der Waals surface area contributed by atoms with Gasteiger partial charge in [-0.15, -0.1) is 0 Å². The van der Waals surface area contributed by atoms with Crippen molar-refractivity contribution in [1.29, 1.82) is 0 Å². The highest BCUT2D eigenvalue weighted by atomic mass is 14.6. The van der Waals surface area contributed by atoms with Crippen LogP contribution in [-0.2, 0) is 0 Å². The lowest BCUT2D eigenvalue weighted by atomic mass is 9.72. The summed E-state index contributed by atoms with van der Waals surface area (Å²) in [5, 5.41) is 0. The quantitative estimate of drug-likeness (QED) is 0.713. The zero-order valence-electron chi connectivity index (χ0n) is 9.47. The molecule has 0 aliphatic heterocycles. The van der Waals surface area contributed by atoms with Gasteiger partial charge in [-0.2, -0.15) is 0 Å². The third kappa shape index (κ3) is 4.12. The highest BCUT2D eigenvalue weighted by Gasteiger charge is 2.26. The Bertz CT molecular complexity index is 136. The first-order chi connectivity index (χ1) is 5.99. The first kappa shape index (κ1) is 11.0. The predicted molar refractivity (Wildman–Crippen MR) is 58.6 cm³/mol. The first-order valence-electron chi connectivity index (χ1n) is 5.75. The molecule has 0 heterocycles. The van der Waals surface area contributed by atoms with E-state index in [0.29, 0.717) is 11.5 Å². The summed E-state index contributed by atoms with van der Waals surface area (Å²) < 4.78 is 0. The molecular weight excluding hydrogens is 158 g/mol. The molecule has 0 bridgehead atoms. The topological polar surface area (TPSA) is 26.0 Å². The summed E-state index contributed by atoms with van der Waals surface area (Å²) in [4.78, 5) is 0. The molecule has 0 saturated heterocycles. The standard InChI is InChI=1S/C12H25N/c1-10(13)4-5-11-6-8-12(2,3)9-7-11/h10-11H,4-9,13H2,1-3H3/t10-/m0/s1. The molecule has 0 amide bonds. The van der Waals surface area contributed by atoms with E-state index in [9.17, 15) is 0 Å². The molecule has 1 fully saturated rings. The smallest absolute Gasteiger partial charge is 0.00105 e. The summed E-state index contributed by atoms with van der Waals surface area (Å²) in [6, 6.07) is 0.398. The van der Waals surface area contributed by atoms with Crippen LogP contribution in [0.4, 0.5) is 0 Å². The first-order valence-corrected chi connectivity index (χ1v) is 5.75. The lowest BCUT2D eigenvalue weighted by Crippen LogP contribution is -2.23. The van der Waals surface area contributed by atoms with Gasteiger partial charge in [0, 0.05) is 6.04 Å². The van der Waals surface area contributed by atoms with E-state index in [1.807, 2.05) is 0 Å². The molecule has 1 aliphatic rings. The Morgan fingerprint density at radius 2 is 1.85 bits per heavy atom. The number of hydrogen-bond donors (Lipinski definition) is 1. The van der Waals surface area contributed by atoms with Crippen LogP contribution in [-0.4, -0.2) is 6.04 Å². The minimum absolute atomic E-state index is 0.398. The Morgan fingerprint density at radius 3 is 2.31 bits per heavy atom. The van der Waals surface area contributed by atoms with Crippen LogP contribution in [0.15, 0.2) is 0 Å². The molecule has 13 heavy (non-hydrogen) atoms. The van der Waals surface area contributed by atoms with Crippen molar-refractivity contribution >= 4 is 0 Å². The lowest BCUT2D eigenvalue weighted by Gasteiger charge is -2.34. The maximum Gasteiger partial charge on any atom is 0.00105 e. The van der Waals surface area contributed by atoms with E-state index < -0.39 is 0 Å². The van der Waals surface area contributed by atoms with Gasteiger partial charge >= 0.3 is 0 Å². The van der Waals surface area contributed by atoms with E-state index >= 15 is 0 Å². The minimum atomic E-state index is 0.398. The molecular formula is C12H25N. The highest BCUT2D eigenvalue weighted by molar-refractivity contribution is 4.78. The molecule has 0 spiro atoms. The van der Waals surface area contributed by atoms with Gasteiger partial charge in [-0.1, -0.05) is 13.8 Å². The summed E-state index contributed by atoms with van der Waals surface area (Å²) in [6.45, 7) is 6.91. The summed E-state index contributed by atoms with van der Waals surface area (Å²) in [7, 11) is 0. The van der Waals surface area contributed by atoms with E-state index in [1.165, 1.54) is 38.5 Å². The summed E-state index contributed by atoms with van der Waals surface area (Å²) in [6.07, 6.45) is 8.26. The fraction of sp³-hybridized carbons (Fsp3) is 1.00. The molecule has 0 aromatic carbocycles. The van der Waals surface area contributed by atoms with Gasteiger partial charge in [0.15, 0.2) is 0 Å². The van der Waals surface area contributed by atoms with Crippen molar-refractivity contribution in [2.45, 2.75) is 65.3 Å². The maximum atomic E-state index is 5.76. The van der Waals surface area contributed by atoms with Crippen LogP contribution in [0.5, 0.6) is 0 Å². The Morgan fingerprint density at radius 1 is 1.31 bits per heavy atom. The molecule has 1 atom stereocenters. The van der Waals surface area contributed by atoms with E-state index in [0.717, 1.165) is 5.92 Å². The maximum absolute atomic E-state index is 5.76. The van der Waals surface area contributed by atoms with Crippen molar-refractivity contribution in [3.8, 4) is 0 Å². The molecule has 78 valence electrons. The van der Waals surface area contributed by atoms with Crippen LogP contribution in [0, 0.1) is 11.3 Å². The van der Waals surface area contributed by atoms with Gasteiger partial charge in [0.25, 0.3) is 0 Å². The molecule has 2 N–H and O–H groups in total. The second-order valence-corrected chi connectivity index (χ2v) is 5.66. The van der Waals surface area contributed by atoms with E-state index in [1.54, 1.807) is 0 Å². The predicted octanol–water partition coefficient (Wildman–Crippen LogP) is 3.33. The second kappa shape index (κ2) is 4.45. The SMILES string of the molecule is C[C@H](N)CCC1CCC(C)(C)CC1. The van der Waals surface area contributed by atoms with Gasteiger partial charge in [-0.05, 0) is 56.8 Å². The third-order valence-electron chi connectivity index (χ3n) is 3.49. The van der Waals surface area contributed by atoms with Gasteiger partial charge in [0.05, 0.1) is 0 Å². The molecule has 1 saturated carbocycles. The Balaban J connectivity index is 2.18. The fourth-order valence-electron chi connectivity index (χ4n) is 2.25. The van der Waals surface area contributed by atoms with Crippen molar-refractivity contribution in [2.75, 3.05) is 0 Å². The highest BCUT2D eigenvalue weighted by Crippen LogP contribution is 2.39. The second-order valence-electron chi connectivity index (χ2n) is 5.66. The van der Waals surface area contributed by atoms with Crippen molar-refractivity contribution in [1.82, 2.24) is 0 Å². The Labute approximate surface area is 83.1 Å². The molecule has 1 nitrogen and oxygen atoms in total. The molecule has 1 aliphatic carbocycles. The number of nitrogens with two attached hydrogens (primary N) is 1. The van der Waals surface area contributed by atoms with Crippen molar-refractivity contribution in [3.05, 3.63) is 0 Å². The van der Waals surface area contributed by atoms with Crippen molar-refractivity contribution < 1.29 is 0 Å². The number of rotatable bonds is 3. The largest absolute Gasteiger partial charge is 0.328 e. The van der Waals surface area contributed by atoms with E-state index in [-0.39, 0.29) is 0 Å². The van der Waals surface area contributed by atoms with Crippen LogP contribution >= 0.6 is 0 Å². The molecule has 1 rings (SSSR count). The normalized spacial score (nSPS) is 25.8. The molecule has 0 unspecified atom stereocenters. The summed E-state index contributed by atoms with van der Waals surface area (Å²) in [5.41, 5.74) is 6.38. The van der Waals surface area contributed by atoms with Gasteiger partial charge < -0.3 is 5.73 Å². The van der Waals surface area contributed by atoms with Crippen LogP contribution < -0.4 is 5.73 Å². The number of hydrogen-bond acceptors (Lipinski definition) is 1. The van der Waals surface area contributed by atoms with E-state index in [4.69, 9.17) is 5.73 Å². The zero-order chi connectivity index (χ0) is 9.90. The molecule has 1 heteroatoms. The van der Waals surface area contributed by atoms with Crippen LogP contribution in [0.25, 0.3) is 0 Å². The Hall–Kier alpha value is -0.0400. The van der Waals surface area contributed by atoms with E-state index in [2.05, 4.69) is 20.8 Å². The van der Waals surface area contributed by atoms with Crippen molar-refractivity contribution in [3.63, 3.8) is 0 Å².